The van der Waals surface area contributed by atoms with Gasteiger partial charge in [0.1, 0.15) is 0 Å². The molecule has 1 saturated carbocycles. The Labute approximate surface area is 66.0 Å². The summed E-state index contributed by atoms with van der Waals surface area (Å²) in [7, 11) is 0. The Balaban J connectivity index is 1.66. The van der Waals surface area contributed by atoms with E-state index in [0.29, 0.717) is 12.3 Å². The van der Waals surface area contributed by atoms with Crippen LogP contribution in [0.1, 0.15) is 19.3 Å². The molecule has 2 fully saturated rings. The Morgan fingerprint density at radius 3 is 2.55 bits per heavy atom. The summed E-state index contributed by atoms with van der Waals surface area (Å²) in [6.45, 7) is 2.05. The summed E-state index contributed by atoms with van der Waals surface area (Å²) < 4.78 is 0. The first-order valence-corrected chi connectivity index (χ1v) is 4.21. The first-order chi connectivity index (χ1) is 5.25. The fraction of sp³-hybridized carbons (Fsp3) is 0.875. The molecule has 1 N–H and O–H groups in total. The zero-order chi connectivity index (χ0) is 7.84. The number of nitrogens with zero attached hydrogens (tertiary/aromatic N) is 1. The van der Waals surface area contributed by atoms with E-state index in [-0.39, 0.29) is 0 Å². The number of rotatable bonds is 3. The van der Waals surface area contributed by atoms with E-state index < -0.39 is 5.97 Å². The van der Waals surface area contributed by atoms with Gasteiger partial charge in [0.15, 0.2) is 0 Å². The quantitative estimate of drug-likeness (QED) is 0.647. The van der Waals surface area contributed by atoms with Crippen molar-refractivity contribution in [2.24, 2.45) is 5.92 Å². The number of likely N-dealkylation sites (tertiary alicyclic amines) is 1. The van der Waals surface area contributed by atoms with E-state index in [1.165, 1.54) is 12.8 Å². The Hall–Kier alpha value is -0.570. The molecule has 0 bridgehead atoms. The predicted molar refractivity (Wildman–Crippen MR) is 40.3 cm³/mol. The number of hydrogen-bond donors (Lipinski definition) is 1. The molecule has 2 rings (SSSR count). The van der Waals surface area contributed by atoms with Crippen LogP contribution in [0.3, 0.4) is 0 Å². The summed E-state index contributed by atoms with van der Waals surface area (Å²) in [5, 5.41) is 8.47. The van der Waals surface area contributed by atoms with Crippen molar-refractivity contribution in [1.29, 1.82) is 0 Å². The molecule has 3 heteroatoms. The highest BCUT2D eigenvalue weighted by Crippen LogP contribution is 2.33. The third-order valence-electron chi connectivity index (χ3n) is 2.51. The molecule has 1 heterocycles. The largest absolute Gasteiger partial charge is 0.481 e. The molecule has 1 aliphatic heterocycles. The minimum Gasteiger partial charge on any atom is -0.481 e. The average molecular weight is 155 g/mol. The predicted octanol–water partition coefficient (Wildman–Crippen LogP) is 0.555. The lowest BCUT2D eigenvalue weighted by atomic mass is 9.96. The molecule has 1 aliphatic carbocycles. The molecular weight excluding hydrogens is 142 g/mol. The highest BCUT2D eigenvalue weighted by molar-refractivity contribution is 5.67. The maximum atomic E-state index is 10.3. The number of carbonyl (C=O) groups is 1. The van der Waals surface area contributed by atoms with Crippen molar-refractivity contribution in [3.63, 3.8) is 0 Å². The van der Waals surface area contributed by atoms with Gasteiger partial charge in [-0.15, -0.1) is 0 Å². The molecule has 0 aromatic rings. The van der Waals surface area contributed by atoms with Gasteiger partial charge in [0, 0.05) is 19.1 Å². The van der Waals surface area contributed by atoms with Gasteiger partial charge >= 0.3 is 5.97 Å². The van der Waals surface area contributed by atoms with Crippen LogP contribution in [-0.2, 0) is 4.79 Å². The first kappa shape index (κ1) is 7.10. The van der Waals surface area contributed by atoms with Crippen molar-refractivity contribution in [2.45, 2.75) is 25.3 Å². The maximum absolute atomic E-state index is 10.3. The number of carboxylic acid groups (broad SMARTS) is 1. The van der Waals surface area contributed by atoms with Gasteiger partial charge in [-0.1, -0.05) is 0 Å². The van der Waals surface area contributed by atoms with E-state index in [9.17, 15) is 4.79 Å². The standard InChI is InChI=1S/C8H13NO2/c10-8(11)3-6-4-9(5-6)7-1-2-7/h6-7H,1-5H2,(H,10,11). The van der Waals surface area contributed by atoms with Gasteiger partial charge < -0.3 is 5.11 Å². The van der Waals surface area contributed by atoms with Crippen LogP contribution in [0.5, 0.6) is 0 Å². The summed E-state index contributed by atoms with van der Waals surface area (Å²) in [6, 6.07) is 0.819. The molecular formula is C8H13NO2. The molecule has 62 valence electrons. The van der Waals surface area contributed by atoms with Crippen molar-refractivity contribution in [3.05, 3.63) is 0 Å². The normalized spacial score (nSPS) is 26.5. The van der Waals surface area contributed by atoms with Crippen LogP contribution < -0.4 is 0 Å². The average Bonchev–Trinajstić information content (AvgIpc) is 2.58. The zero-order valence-electron chi connectivity index (χ0n) is 6.49. The third-order valence-corrected chi connectivity index (χ3v) is 2.51. The van der Waals surface area contributed by atoms with E-state index in [1.54, 1.807) is 0 Å². The molecule has 3 nitrogen and oxygen atoms in total. The lowest BCUT2D eigenvalue weighted by molar-refractivity contribution is -0.139. The van der Waals surface area contributed by atoms with Crippen molar-refractivity contribution in [1.82, 2.24) is 4.90 Å². The van der Waals surface area contributed by atoms with E-state index in [1.807, 2.05) is 0 Å². The molecule has 0 atom stereocenters. The van der Waals surface area contributed by atoms with Crippen LogP contribution in [0.4, 0.5) is 0 Å². The number of hydrogen-bond acceptors (Lipinski definition) is 2. The third kappa shape index (κ3) is 1.53. The van der Waals surface area contributed by atoms with Crippen molar-refractivity contribution in [2.75, 3.05) is 13.1 Å². The Morgan fingerprint density at radius 1 is 1.45 bits per heavy atom. The van der Waals surface area contributed by atoms with Gasteiger partial charge in [0.25, 0.3) is 0 Å². The van der Waals surface area contributed by atoms with Gasteiger partial charge in [-0.25, -0.2) is 0 Å². The van der Waals surface area contributed by atoms with Crippen LogP contribution in [-0.4, -0.2) is 35.1 Å². The van der Waals surface area contributed by atoms with Crippen LogP contribution in [0.2, 0.25) is 0 Å². The van der Waals surface area contributed by atoms with Crippen LogP contribution >= 0.6 is 0 Å². The van der Waals surface area contributed by atoms with E-state index in [4.69, 9.17) is 5.11 Å². The van der Waals surface area contributed by atoms with Crippen LogP contribution in [0.15, 0.2) is 0 Å². The van der Waals surface area contributed by atoms with Crippen LogP contribution in [0.25, 0.3) is 0 Å². The lowest BCUT2D eigenvalue weighted by Gasteiger charge is -2.38. The van der Waals surface area contributed by atoms with Crippen molar-refractivity contribution in [3.8, 4) is 0 Å². The molecule has 11 heavy (non-hydrogen) atoms. The smallest absolute Gasteiger partial charge is 0.303 e. The molecule has 2 aliphatic rings. The Bertz CT molecular complexity index is 171. The summed E-state index contributed by atoms with van der Waals surface area (Å²) >= 11 is 0. The van der Waals surface area contributed by atoms with Gasteiger partial charge in [0.2, 0.25) is 0 Å². The molecule has 0 aromatic carbocycles. The second kappa shape index (κ2) is 2.48. The summed E-state index contributed by atoms with van der Waals surface area (Å²) in [5.74, 6) is -0.210. The Morgan fingerprint density at radius 2 is 2.09 bits per heavy atom. The van der Waals surface area contributed by atoms with Gasteiger partial charge in [0.05, 0.1) is 6.42 Å². The monoisotopic (exact) mass is 155 g/mol. The second-order valence-corrected chi connectivity index (χ2v) is 3.65. The summed E-state index contributed by atoms with van der Waals surface area (Å²) in [4.78, 5) is 12.7. The highest BCUT2D eigenvalue weighted by atomic mass is 16.4. The summed E-state index contributed by atoms with van der Waals surface area (Å²) in [5.41, 5.74) is 0. The van der Waals surface area contributed by atoms with Crippen molar-refractivity contribution >= 4 is 5.97 Å². The number of carboxylic acids is 1. The fourth-order valence-corrected chi connectivity index (χ4v) is 1.72. The molecule has 0 spiro atoms. The molecule has 0 aromatic heterocycles. The molecule has 0 amide bonds. The second-order valence-electron chi connectivity index (χ2n) is 3.65. The van der Waals surface area contributed by atoms with Gasteiger partial charge in [-0.05, 0) is 18.8 Å². The fourth-order valence-electron chi connectivity index (χ4n) is 1.72. The molecule has 0 unspecified atom stereocenters. The van der Waals surface area contributed by atoms with Gasteiger partial charge in [-0.2, -0.15) is 0 Å². The lowest BCUT2D eigenvalue weighted by Crippen LogP contribution is -2.48. The van der Waals surface area contributed by atoms with Gasteiger partial charge in [-0.3, -0.25) is 9.69 Å². The zero-order valence-corrected chi connectivity index (χ0v) is 6.49. The van der Waals surface area contributed by atoms with Crippen molar-refractivity contribution < 1.29 is 9.90 Å². The highest BCUT2D eigenvalue weighted by Gasteiger charge is 2.38. The maximum Gasteiger partial charge on any atom is 0.303 e. The topological polar surface area (TPSA) is 40.5 Å². The Kier molecular flexibility index (Phi) is 1.60. The SMILES string of the molecule is O=C(O)CC1CN(C2CC2)C1. The minimum atomic E-state index is -0.648. The molecule has 0 radical (unpaired) electrons. The molecule has 1 saturated heterocycles. The van der Waals surface area contributed by atoms with E-state index in [0.717, 1.165) is 19.1 Å². The number of aliphatic carboxylic acids is 1. The first-order valence-electron chi connectivity index (χ1n) is 4.21. The van der Waals surface area contributed by atoms with E-state index >= 15 is 0 Å². The minimum absolute atomic E-state index is 0.364. The van der Waals surface area contributed by atoms with Crippen LogP contribution in [0, 0.1) is 5.92 Å². The van der Waals surface area contributed by atoms with E-state index in [2.05, 4.69) is 4.90 Å². The summed E-state index contributed by atoms with van der Waals surface area (Å²) in [6.07, 6.45) is 3.03.